The van der Waals surface area contributed by atoms with E-state index in [1.165, 1.54) is 5.56 Å². The van der Waals surface area contributed by atoms with Gasteiger partial charge in [0.1, 0.15) is 6.61 Å². The van der Waals surface area contributed by atoms with Crippen molar-refractivity contribution in [3.63, 3.8) is 0 Å². The molecule has 0 fully saturated rings. The summed E-state index contributed by atoms with van der Waals surface area (Å²) >= 11 is 6.53. The van der Waals surface area contributed by atoms with E-state index in [0.717, 1.165) is 24.1 Å². The molecule has 2 aromatic carbocycles. The van der Waals surface area contributed by atoms with Crippen molar-refractivity contribution < 1.29 is 9.47 Å². The second-order valence-electron chi connectivity index (χ2n) is 9.36. The van der Waals surface area contributed by atoms with Gasteiger partial charge in [0.25, 0.3) is 0 Å². The van der Waals surface area contributed by atoms with Gasteiger partial charge in [0.05, 0.1) is 12.1 Å². The quantitative estimate of drug-likeness (QED) is 0.481. The summed E-state index contributed by atoms with van der Waals surface area (Å²) in [4.78, 5) is 0. The van der Waals surface area contributed by atoms with Gasteiger partial charge in [-0.15, -0.1) is 12.4 Å². The number of hydrogen-bond acceptors (Lipinski definition) is 3. The Morgan fingerprint density at radius 1 is 0.966 bits per heavy atom. The van der Waals surface area contributed by atoms with Crippen LogP contribution in [0.3, 0.4) is 0 Å². The van der Waals surface area contributed by atoms with E-state index in [1.807, 2.05) is 12.1 Å². The monoisotopic (exact) mass is 439 g/mol. The molecule has 1 N–H and O–H groups in total. The maximum atomic E-state index is 6.53. The largest absolute Gasteiger partial charge is 0.493 e. The Labute approximate surface area is 187 Å². The van der Waals surface area contributed by atoms with Crippen molar-refractivity contribution in [2.75, 3.05) is 7.11 Å². The molecular formula is C24H35Cl2NO2. The molecule has 5 heteroatoms. The lowest BCUT2D eigenvalue weighted by molar-refractivity contribution is 0.240. The summed E-state index contributed by atoms with van der Waals surface area (Å²) in [5.74, 6) is 1.24. The van der Waals surface area contributed by atoms with Crippen molar-refractivity contribution in [3.8, 4) is 11.5 Å². The van der Waals surface area contributed by atoms with Crippen molar-refractivity contribution in [2.24, 2.45) is 5.41 Å². The van der Waals surface area contributed by atoms with E-state index < -0.39 is 0 Å². The molecule has 0 aliphatic carbocycles. The van der Waals surface area contributed by atoms with E-state index in [-0.39, 0.29) is 23.4 Å². The molecule has 0 saturated carbocycles. The van der Waals surface area contributed by atoms with E-state index in [9.17, 15) is 0 Å². The Balaban J connectivity index is 0.00000420. The third kappa shape index (κ3) is 8.46. The van der Waals surface area contributed by atoms with Gasteiger partial charge in [-0.3, -0.25) is 0 Å². The molecule has 0 aromatic heterocycles. The molecular weight excluding hydrogens is 405 g/mol. The van der Waals surface area contributed by atoms with Crippen LogP contribution in [0, 0.1) is 12.3 Å². The third-order valence-corrected chi connectivity index (χ3v) is 4.82. The van der Waals surface area contributed by atoms with Crippen LogP contribution in [0.15, 0.2) is 36.4 Å². The van der Waals surface area contributed by atoms with E-state index in [4.69, 9.17) is 21.1 Å². The van der Waals surface area contributed by atoms with E-state index in [1.54, 1.807) is 7.11 Å². The van der Waals surface area contributed by atoms with Gasteiger partial charge in [0.15, 0.2) is 11.5 Å². The maximum absolute atomic E-state index is 6.53. The van der Waals surface area contributed by atoms with Crippen LogP contribution in [0.1, 0.15) is 57.7 Å². The molecule has 0 atom stereocenters. The first-order valence-corrected chi connectivity index (χ1v) is 10.2. The van der Waals surface area contributed by atoms with Crippen LogP contribution in [-0.4, -0.2) is 12.6 Å². The summed E-state index contributed by atoms with van der Waals surface area (Å²) < 4.78 is 11.5. The lowest BCUT2D eigenvalue weighted by Crippen LogP contribution is -2.41. The molecule has 0 spiro atoms. The zero-order valence-electron chi connectivity index (χ0n) is 18.7. The van der Waals surface area contributed by atoms with E-state index in [0.29, 0.717) is 23.1 Å². The molecule has 0 unspecified atom stereocenters. The Hall–Kier alpha value is -1.42. The highest BCUT2D eigenvalue weighted by Crippen LogP contribution is 2.37. The molecule has 29 heavy (non-hydrogen) atoms. The Kier molecular flexibility index (Phi) is 9.33. The lowest BCUT2D eigenvalue weighted by Gasteiger charge is -2.33. The van der Waals surface area contributed by atoms with Crippen LogP contribution in [0.2, 0.25) is 5.02 Å². The van der Waals surface area contributed by atoms with Gasteiger partial charge in [0, 0.05) is 12.1 Å². The first-order valence-electron chi connectivity index (χ1n) is 9.79. The molecule has 0 amide bonds. The number of halogens is 2. The SMILES string of the molecule is COc1cc(CNC(C)(C)CC(C)(C)C)cc(Cl)c1OCc1ccc(C)cc1.Cl. The Bertz CT molecular complexity index is 781. The van der Waals surface area contributed by atoms with Crippen LogP contribution in [-0.2, 0) is 13.2 Å². The topological polar surface area (TPSA) is 30.5 Å². The smallest absolute Gasteiger partial charge is 0.180 e. The average molecular weight is 440 g/mol. The summed E-state index contributed by atoms with van der Waals surface area (Å²) in [6.45, 7) is 14.5. The van der Waals surface area contributed by atoms with Crippen LogP contribution >= 0.6 is 24.0 Å². The van der Waals surface area contributed by atoms with Gasteiger partial charge in [0.2, 0.25) is 0 Å². The lowest BCUT2D eigenvalue weighted by atomic mass is 9.82. The molecule has 2 aromatic rings. The minimum atomic E-state index is 0. The zero-order valence-corrected chi connectivity index (χ0v) is 20.3. The van der Waals surface area contributed by atoms with Crippen molar-refractivity contribution in [1.82, 2.24) is 5.32 Å². The Morgan fingerprint density at radius 2 is 1.59 bits per heavy atom. The zero-order chi connectivity index (χ0) is 20.9. The molecule has 162 valence electrons. The van der Waals surface area contributed by atoms with Gasteiger partial charge in [-0.25, -0.2) is 0 Å². The van der Waals surface area contributed by atoms with Crippen molar-refractivity contribution in [3.05, 3.63) is 58.1 Å². The number of ether oxygens (including phenoxy) is 2. The van der Waals surface area contributed by atoms with Gasteiger partial charge in [-0.2, -0.15) is 0 Å². The summed E-state index contributed by atoms with van der Waals surface area (Å²) in [5, 5.41) is 4.20. The predicted molar refractivity (Wildman–Crippen MR) is 126 cm³/mol. The van der Waals surface area contributed by atoms with Crippen LogP contribution in [0.25, 0.3) is 0 Å². The summed E-state index contributed by atoms with van der Waals surface area (Å²) in [6.07, 6.45) is 1.07. The molecule has 0 aliphatic rings. The second kappa shape index (κ2) is 10.6. The van der Waals surface area contributed by atoms with Gasteiger partial charge in [-0.05, 0) is 55.9 Å². The summed E-state index contributed by atoms with van der Waals surface area (Å²) in [5.41, 5.74) is 3.69. The molecule has 2 rings (SSSR count). The number of rotatable bonds is 8. The minimum absolute atomic E-state index is 0. The first kappa shape index (κ1) is 25.6. The summed E-state index contributed by atoms with van der Waals surface area (Å²) in [6, 6.07) is 12.2. The fourth-order valence-corrected chi connectivity index (χ4v) is 3.87. The van der Waals surface area contributed by atoms with E-state index >= 15 is 0 Å². The number of hydrogen-bond donors (Lipinski definition) is 1. The van der Waals surface area contributed by atoms with E-state index in [2.05, 4.69) is 71.1 Å². The van der Waals surface area contributed by atoms with Gasteiger partial charge >= 0.3 is 0 Å². The van der Waals surface area contributed by atoms with Crippen molar-refractivity contribution in [1.29, 1.82) is 0 Å². The molecule has 0 bridgehead atoms. The van der Waals surface area contributed by atoms with Crippen LogP contribution < -0.4 is 14.8 Å². The highest BCUT2D eigenvalue weighted by molar-refractivity contribution is 6.32. The maximum Gasteiger partial charge on any atom is 0.180 e. The number of benzene rings is 2. The third-order valence-electron chi connectivity index (χ3n) is 4.54. The standard InChI is InChI=1S/C24H34ClNO2.ClH/c1-17-8-10-18(11-9-17)15-28-22-20(25)12-19(13-21(22)27-7)14-26-24(5,6)16-23(2,3)4;/h8-13,26H,14-16H2,1-7H3;1H. The fraction of sp³-hybridized carbons (Fsp3) is 0.500. The van der Waals surface area contributed by atoms with Crippen molar-refractivity contribution in [2.45, 2.75) is 66.7 Å². The molecule has 0 radical (unpaired) electrons. The van der Waals surface area contributed by atoms with Crippen LogP contribution in [0.5, 0.6) is 11.5 Å². The average Bonchev–Trinajstić information content (AvgIpc) is 2.58. The fourth-order valence-electron chi connectivity index (χ4n) is 3.58. The van der Waals surface area contributed by atoms with Gasteiger partial charge < -0.3 is 14.8 Å². The summed E-state index contributed by atoms with van der Waals surface area (Å²) in [7, 11) is 1.64. The normalized spacial score (nSPS) is 11.7. The predicted octanol–water partition coefficient (Wildman–Crippen LogP) is 6.96. The minimum Gasteiger partial charge on any atom is -0.493 e. The molecule has 0 heterocycles. The highest BCUT2D eigenvalue weighted by atomic mass is 35.5. The Morgan fingerprint density at radius 3 is 2.14 bits per heavy atom. The highest BCUT2D eigenvalue weighted by Gasteiger charge is 2.25. The van der Waals surface area contributed by atoms with Crippen LogP contribution in [0.4, 0.5) is 0 Å². The van der Waals surface area contributed by atoms with Gasteiger partial charge in [-0.1, -0.05) is 62.2 Å². The molecule has 3 nitrogen and oxygen atoms in total. The molecule has 0 aliphatic heterocycles. The number of aryl methyl sites for hydroxylation is 1. The number of nitrogens with one attached hydrogen (secondary N) is 1. The second-order valence-corrected chi connectivity index (χ2v) is 9.77. The number of methoxy groups -OCH3 is 1. The van der Waals surface area contributed by atoms with Crippen molar-refractivity contribution >= 4 is 24.0 Å². The molecule has 0 saturated heterocycles. The first-order chi connectivity index (χ1) is 13.0.